The van der Waals surface area contributed by atoms with Crippen molar-refractivity contribution in [1.29, 1.82) is 0 Å². The van der Waals surface area contributed by atoms with E-state index in [9.17, 15) is 13.5 Å². The van der Waals surface area contributed by atoms with Crippen LogP contribution >= 0.6 is 11.8 Å². The van der Waals surface area contributed by atoms with Crippen LogP contribution < -0.4 is 9.62 Å². The number of hydrogen-bond donors (Lipinski definition) is 2. The summed E-state index contributed by atoms with van der Waals surface area (Å²) in [6.45, 7) is 0.803. The van der Waals surface area contributed by atoms with Gasteiger partial charge in [-0.25, -0.2) is 8.42 Å². The molecule has 2 N–H and O–H groups in total. The van der Waals surface area contributed by atoms with Gasteiger partial charge in [-0.2, -0.15) is 0 Å². The molecule has 0 aromatic heterocycles. The maximum atomic E-state index is 12.7. The summed E-state index contributed by atoms with van der Waals surface area (Å²) in [4.78, 5) is 3.29. The van der Waals surface area contributed by atoms with Crippen LogP contribution in [-0.4, -0.2) is 32.6 Å². The van der Waals surface area contributed by atoms with Crippen molar-refractivity contribution in [2.24, 2.45) is 5.92 Å². The van der Waals surface area contributed by atoms with Gasteiger partial charge in [0, 0.05) is 23.0 Å². The van der Waals surface area contributed by atoms with Crippen LogP contribution in [0.4, 0.5) is 11.4 Å². The van der Waals surface area contributed by atoms with Gasteiger partial charge >= 0.3 is 0 Å². The van der Waals surface area contributed by atoms with E-state index in [4.69, 9.17) is 0 Å². The number of aliphatic hydroxyl groups is 1. The number of hydrogen-bond acceptors (Lipinski definition) is 5. The van der Waals surface area contributed by atoms with Crippen LogP contribution in [0.2, 0.25) is 0 Å². The van der Waals surface area contributed by atoms with Crippen molar-refractivity contribution < 1.29 is 13.5 Å². The molecule has 4 rings (SSSR count). The molecule has 144 valence electrons. The highest BCUT2D eigenvalue weighted by atomic mass is 32.2. The number of nitrogens with one attached hydrogen (secondary N) is 1. The quantitative estimate of drug-likeness (QED) is 0.719. The monoisotopic (exact) mass is 404 g/mol. The second kappa shape index (κ2) is 7.37. The summed E-state index contributed by atoms with van der Waals surface area (Å²) in [6, 6.07) is 12.5. The third-order valence-electron chi connectivity index (χ3n) is 5.22. The summed E-state index contributed by atoms with van der Waals surface area (Å²) in [5.41, 5.74) is 2.63. The third-order valence-corrected chi connectivity index (χ3v) is 7.37. The first kappa shape index (κ1) is 18.7. The van der Waals surface area contributed by atoms with Gasteiger partial charge in [0.15, 0.2) is 0 Å². The van der Waals surface area contributed by atoms with E-state index in [1.54, 1.807) is 42.1 Å². The lowest BCUT2D eigenvalue weighted by atomic mass is 10.0. The molecule has 0 bridgehead atoms. The normalized spacial score (nSPS) is 18.1. The average molecular weight is 405 g/mol. The molecule has 1 atom stereocenters. The molecule has 1 heterocycles. The van der Waals surface area contributed by atoms with Crippen molar-refractivity contribution in [3.8, 4) is 0 Å². The molecule has 1 unspecified atom stereocenters. The minimum absolute atomic E-state index is 0.243. The predicted molar refractivity (Wildman–Crippen MR) is 110 cm³/mol. The van der Waals surface area contributed by atoms with Crippen LogP contribution in [0.1, 0.15) is 24.8 Å². The largest absolute Gasteiger partial charge is 0.373 e. The van der Waals surface area contributed by atoms with Gasteiger partial charge in [0.25, 0.3) is 10.0 Å². The molecule has 2 aliphatic rings. The molecule has 7 heteroatoms. The molecule has 27 heavy (non-hydrogen) atoms. The predicted octanol–water partition coefficient (Wildman–Crippen LogP) is 3.69. The van der Waals surface area contributed by atoms with Crippen molar-refractivity contribution >= 4 is 33.2 Å². The lowest BCUT2D eigenvalue weighted by Gasteiger charge is -2.35. The first-order valence-corrected chi connectivity index (χ1v) is 11.9. The first-order chi connectivity index (χ1) is 13.0. The van der Waals surface area contributed by atoms with Crippen molar-refractivity contribution in [2.75, 3.05) is 22.4 Å². The molecule has 2 aromatic carbocycles. The topological polar surface area (TPSA) is 69.6 Å². The SMILES string of the molecule is CSc1ccc(S(=O)(=O)Nc2ccc3c(c2)N(C(O)C2CC2)CCC3)cc1. The fraction of sp³-hybridized carbons (Fsp3) is 0.400. The highest BCUT2D eigenvalue weighted by Gasteiger charge is 2.35. The van der Waals surface area contributed by atoms with Crippen LogP contribution in [0.5, 0.6) is 0 Å². The number of nitrogens with zero attached hydrogens (tertiary/aromatic N) is 1. The number of anilines is 2. The van der Waals surface area contributed by atoms with Gasteiger partial charge in [-0.05, 0) is 73.9 Å². The summed E-state index contributed by atoms with van der Waals surface area (Å²) in [7, 11) is -3.65. The van der Waals surface area contributed by atoms with E-state index in [1.165, 1.54) is 0 Å². The van der Waals surface area contributed by atoms with Crippen molar-refractivity contribution in [1.82, 2.24) is 0 Å². The van der Waals surface area contributed by atoms with E-state index >= 15 is 0 Å². The van der Waals surface area contributed by atoms with Gasteiger partial charge in [-0.15, -0.1) is 11.8 Å². The van der Waals surface area contributed by atoms with Gasteiger partial charge in [0.05, 0.1) is 10.6 Å². The summed E-state index contributed by atoms with van der Waals surface area (Å²) in [5.74, 6) is 0.339. The standard InChI is InChI=1S/C20H24N2O3S2/c1-26-17-8-10-18(11-9-17)27(24,25)21-16-7-6-14-3-2-12-22(19(14)13-16)20(23)15-4-5-15/h6-11,13,15,20-21,23H,2-5,12H2,1H3. The minimum atomic E-state index is -3.65. The van der Waals surface area contributed by atoms with Crippen LogP contribution in [0.15, 0.2) is 52.3 Å². The summed E-state index contributed by atoms with van der Waals surface area (Å²) < 4.78 is 28.1. The van der Waals surface area contributed by atoms with E-state index in [0.29, 0.717) is 11.6 Å². The van der Waals surface area contributed by atoms with Crippen LogP contribution in [0, 0.1) is 5.92 Å². The van der Waals surface area contributed by atoms with E-state index in [1.807, 2.05) is 23.3 Å². The molecule has 0 amide bonds. The Bertz CT molecular complexity index is 925. The fourth-order valence-electron chi connectivity index (χ4n) is 3.56. The fourth-order valence-corrected chi connectivity index (χ4v) is 5.02. The first-order valence-electron chi connectivity index (χ1n) is 9.22. The Balaban J connectivity index is 1.59. The van der Waals surface area contributed by atoms with Crippen molar-refractivity contribution in [2.45, 2.75) is 41.7 Å². The second-order valence-electron chi connectivity index (χ2n) is 7.17. The lowest BCUT2D eigenvalue weighted by molar-refractivity contribution is 0.143. The van der Waals surface area contributed by atoms with E-state index in [0.717, 1.165) is 48.4 Å². The summed E-state index contributed by atoms with van der Waals surface area (Å²) in [6.07, 6.45) is 5.55. The van der Waals surface area contributed by atoms with Gasteiger partial charge in [0.1, 0.15) is 6.23 Å². The Morgan fingerprint density at radius 1 is 1.19 bits per heavy atom. The number of sulfonamides is 1. The number of thioether (sulfide) groups is 1. The Kier molecular flexibility index (Phi) is 5.09. The minimum Gasteiger partial charge on any atom is -0.373 e. The molecular weight excluding hydrogens is 380 g/mol. The Labute approximate surface area is 164 Å². The number of aryl methyl sites for hydroxylation is 1. The molecule has 0 spiro atoms. The van der Waals surface area contributed by atoms with E-state index < -0.39 is 16.3 Å². The molecule has 1 aliphatic heterocycles. The Hall–Kier alpha value is -1.70. The number of benzene rings is 2. The molecule has 2 aromatic rings. The molecule has 1 fully saturated rings. The summed E-state index contributed by atoms with van der Waals surface area (Å²) >= 11 is 1.57. The smallest absolute Gasteiger partial charge is 0.261 e. The third kappa shape index (κ3) is 3.95. The van der Waals surface area contributed by atoms with Crippen LogP contribution in [-0.2, 0) is 16.4 Å². The highest BCUT2D eigenvalue weighted by Crippen LogP contribution is 2.39. The van der Waals surface area contributed by atoms with Gasteiger partial charge in [0.2, 0.25) is 0 Å². The number of aliphatic hydroxyl groups excluding tert-OH is 1. The zero-order valence-corrected chi connectivity index (χ0v) is 16.9. The molecule has 1 saturated carbocycles. The molecule has 1 aliphatic carbocycles. The van der Waals surface area contributed by atoms with Crippen LogP contribution in [0.25, 0.3) is 0 Å². The summed E-state index contributed by atoms with van der Waals surface area (Å²) in [5, 5.41) is 10.6. The van der Waals surface area contributed by atoms with Gasteiger partial charge in [-0.3, -0.25) is 4.72 Å². The van der Waals surface area contributed by atoms with E-state index in [-0.39, 0.29) is 4.90 Å². The average Bonchev–Trinajstić information content (AvgIpc) is 3.52. The van der Waals surface area contributed by atoms with Crippen molar-refractivity contribution in [3.05, 3.63) is 48.0 Å². The number of fused-ring (bicyclic) bond motifs is 1. The Morgan fingerprint density at radius 2 is 1.93 bits per heavy atom. The van der Waals surface area contributed by atoms with E-state index in [2.05, 4.69) is 4.72 Å². The maximum Gasteiger partial charge on any atom is 0.261 e. The maximum absolute atomic E-state index is 12.7. The molecule has 0 radical (unpaired) electrons. The van der Waals surface area contributed by atoms with Crippen molar-refractivity contribution in [3.63, 3.8) is 0 Å². The molecular formula is C20H24N2O3S2. The zero-order chi connectivity index (χ0) is 19.0. The second-order valence-corrected chi connectivity index (χ2v) is 9.73. The van der Waals surface area contributed by atoms with Crippen LogP contribution in [0.3, 0.4) is 0 Å². The van der Waals surface area contributed by atoms with Gasteiger partial charge < -0.3 is 10.0 Å². The number of rotatable bonds is 6. The highest BCUT2D eigenvalue weighted by molar-refractivity contribution is 7.98. The molecule has 5 nitrogen and oxygen atoms in total. The molecule has 0 saturated heterocycles. The van der Waals surface area contributed by atoms with Gasteiger partial charge in [-0.1, -0.05) is 6.07 Å². The lowest BCUT2D eigenvalue weighted by Crippen LogP contribution is -2.40. The Morgan fingerprint density at radius 3 is 2.59 bits per heavy atom. The zero-order valence-electron chi connectivity index (χ0n) is 15.3.